The van der Waals surface area contributed by atoms with Gasteiger partial charge in [-0.2, -0.15) is 0 Å². The van der Waals surface area contributed by atoms with E-state index in [0.717, 1.165) is 21.8 Å². The SMILES string of the molecule is O=C1CN=C(c2ccccc2)c2ccsc2N1. The van der Waals surface area contributed by atoms with Crippen molar-refractivity contribution in [1.82, 2.24) is 0 Å². The fourth-order valence-corrected chi connectivity index (χ4v) is 2.64. The van der Waals surface area contributed by atoms with Crippen molar-refractivity contribution in [2.45, 2.75) is 0 Å². The quantitative estimate of drug-likeness (QED) is 0.820. The van der Waals surface area contributed by atoms with Gasteiger partial charge in [-0.15, -0.1) is 11.3 Å². The lowest BCUT2D eigenvalue weighted by atomic mass is 10.0. The minimum Gasteiger partial charge on any atom is -0.316 e. The van der Waals surface area contributed by atoms with Gasteiger partial charge in [0, 0.05) is 11.1 Å². The number of nitrogens with zero attached hydrogens (tertiary/aromatic N) is 1. The predicted molar refractivity (Wildman–Crippen MR) is 69.9 cm³/mol. The molecule has 0 saturated carbocycles. The van der Waals surface area contributed by atoms with Gasteiger partial charge in [-0.25, -0.2) is 0 Å². The summed E-state index contributed by atoms with van der Waals surface area (Å²) in [4.78, 5) is 15.9. The number of anilines is 1. The van der Waals surface area contributed by atoms with E-state index in [9.17, 15) is 4.79 Å². The van der Waals surface area contributed by atoms with Crippen molar-refractivity contribution in [2.24, 2.45) is 4.99 Å². The van der Waals surface area contributed by atoms with Crippen molar-refractivity contribution in [3.63, 3.8) is 0 Å². The van der Waals surface area contributed by atoms with Crippen LogP contribution >= 0.6 is 11.3 Å². The largest absolute Gasteiger partial charge is 0.316 e. The molecular weight excluding hydrogens is 232 g/mol. The van der Waals surface area contributed by atoms with Crippen molar-refractivity contribution < 1.29 is 4.79 Å². The Morgan fingerprint density at radius 3 is 2.82 bits per heavy atom. The molecule has 0 bridgehead atoms. The van der Waals surface area contributed by atoms with E-state index in [0.29, 0.717) is 0 Å². The van der Waals surface area contributed by atoms with Gasteiger partial charge in [0.05, 0.1) is 5.71 Å². The van der Waals surface area contributed by atoms with Crippen LogP contribution in [0.1, 0.15) is 11.1 Å². The van der Waals surface area contributed by atoms with E-state index in [-0.39, 0.29) is 12.5 Å². The topological polar surface area (TPSA) is 41.5 Å². The monoisotopic (exact) mass is 242 g/mol. The molecule has 1 aliphatic heterocycles. The highest BCUT2D eigenvalue weighted by Gasteiger charge is 2.18. The maximum atomic E-state index is 11.5. The van der Waals surface area contributed by atoms with Gasteiger partial charge in [0.2, 0.25) is 5.91 Å². The number of hydrogen-bond donors (Lipinski definition) is 1. The molecule has 1 amide bonds. The Bertz CT molecular complexity index is 586. The lowest BCUT2D eigenvalue weighted by Gasteiger charge is -2.04. The first-order chi connectivity index (χ1) is 8.34. The lowest BCUT2D eigenvalue weighted by molar-refractivity contribution is -0.114. The molecule has 0 radical (unpaired) electrons. The first-order valence-corrected chi connectivity index (χ1v) is 6.20. The van der Waals surface area contributed by atoms with E-state index in [1.807, 2.05) is 41.8 Å². The van der Waals surface area contributed by atoms with Gasteiger partial charge in [-0.05, 0) is 11.4 Å². The molecule has 2 heterocycles. The van der Waals surface area contributed by atoms with Crippen molar-refractivity contribution in [3.05, 3.63) is 52.9 Å². The number of nitrogens with one attached hydrogen (secondary N) is 1. The third kappa shape index (κ3) is 1.87. The van der Waals surface area contributed by atoms with Crippen molar-refractivity contribution in [3.8, 4) is 0 Å². The highest BCUT2D eigenvalue weighted by atomic mass is 32.1. The van der Waals surface area contributed by atoms with Crippen LogP contribution in [0.25, 0.3) is 0 Å². The summed E-state index contributed by atoms with van der Waals surface area (Å²) in [5.41, 5.74) is 2.94. The number of benzene rings is 1. The second-order valence-electron chi connectivity index (χ2n) is 3.74. The average Bonchev–Trinajstić information content (AvgIpc) is 2.73. The van der Waals surface area contributed by atoms with Gasteiger partial charge >= 0.3 is 0 Å². The van der Waals surface area contributed by atoms with Gasteiger partial charge in [0.1, 0.15) is 11.5 Å². The molecule has 0 unspecified atom stereocenters. The standard InChI is InChI=1S/C13H10N2OS/c16-11-8-14-12(9-4-2-1-3-5-9)10-6-7-17-13(10)15-11/h1-7H,8H2,(H,15,16). The van der Waals surface area contributed by atoms with Gasteiger partial charge in [0.15, 0.2) is 0 Å². The smallest absolute Gasteiger partial charge is 0.246 e. The zero-order chi connectivity index (χ0) is 11.7. The molecule has 3 rings (SSSR count). The third-order valence-electron chi connectivity index (χ3n) is 2.60. The number of thiophene rings is 1. The summed E-state index contributed by atoms with van der Waals surface area (Å²) in [5, 5.41) is 5.72. The summed E-state index contributed by atoms with van der Waals surface area (Å²) in [6.45, 7) is 0.186. The minimum atomic E-state index is -0.0559. The van der Waals surface area contributed by atoms with Gasteiger partial charge in [-0.1, -0.05) is 30.3 Å². The van der Waals surface area contributed by atoms with Gasteiger partial charge in [0.25, 0.3) is 0 Å². The molecule has 0 aliphatic carbocycles. The van der Waals surface area contributed by atoms with Crippen LogP contribution in [0, 0.1) is 0 Å². The molecular formula is C13H10N2OS. The molecule has 2 aromatic rings. The number of carbonyl (C=O) groups excluding carboxylic acids is 1. The molecule has 0 fully saturated rings. The predicted octanol–water partition coefficient (Wildman–Crippen LogP) is 2.54. The first kappa shape index (κ1) is 10.2. The number of carbonyl (C=O) groups is 1. The Morgan fingerprint density at radius 1 is 1.18 bits per heavy atom. The molecule has 0 atom stereocenters. The lowest BCUT2D eigenvalue weighted by Crippen LogP contribution is -2.12. The Balaban J connectivity index is 2.14. The average molecular weight is 242 g/mol. The molecule has 0 spiro atoms. The van der Waals surface area contributed by atoms with Crippen LogP contribution in [0.3, 0.4) is 0 Å². The van der Waals surface area contributed by atoms with E-state index < -0.39 is 0 Å². The summed E-state index contributed by atoms with van der Waals surface area (Å²) < 4.78 is 0. The highest BCUT2D eigenvalue weighted by Crippen LogP contribution is 2.27. The molecule has 17 heavy (non-hydrogen) atoms. The number of hydrogen-bond acceptors (Lipinski definition) is 3. The van der Waals surface area contributed by atoms with Crippen molar-refractivity contribution >= 4 is 28.0 Å². The van der Waals surface area contributed by atoms with Crippen LogP contribution in [0.15, 0.2) is 46.8 Å². The maximum Gasteiger partial charge on any atom is 0.246 e. The summed E-state index contributed by atoms with van der Waals surface area (Å²) >= 11 is 1.53. The number of aliphatic imine (C=N–C) groups is 1. The second-order valence-corrected chi connectivity index (χ2v) is 4.66. The van der Waals surface area contributed by atoms with Crippen molar-refractivity contribution in [1.29, 1.82) is 0 Å². The van der Waals surface area contributed by atoms with Crippen LogP contribution in [0.5, 0.6) is 0 Å². The van der Waals surface area contributed by atoms with Crippen LogP contribution in [0.4, 0.5) is 5.00 Å². The Morgan fingerprint density at radius 2 is 2.00 bits per heavy atom. The molecule has 84 valence electrons. The second kappa shape index (κ2) is 4.14. The third-order valence-corrected chi connectivity index (χ3v) is 3.43. The number of amides is 1. The Kier molecular flexibility index (Phi) is 2.49. The summed E-state index contributed by atoms with van der Waals surface area (Å²) in [5.74, 6) is -0.0559. The van der Waals surface area contributed by atoms with E-state index in [1.54, 1.807) is 0 Å². The van der Waals surface area contributed by atoms with E-state index in [2.05, 4.69) is 10.3 Å². The molecule has 0 saturated heterocycles. The summed E-state index contributed by atoms with van der Waals surface area (Å²) in [6.07, 6.45) is 0. The summed E-state index contributed by atoms with van der Waals surface area (Å²) in [7, 11) is 0. The minimum absolute atomic E-state index is 0.0559. The van der Waals surface area contributed by atoms with E-state index in [1.165, 1.54) is 11.3 Å². The molecule has 1 aliphatic rings. The normalized spacial score (nSPS) is 14.6. The molecule has 3 nitrogen and oxygen atoms in total. The zero-order valence-corrected chi connectivity index (χ0v) is 9.83. The van der Waals surface area contributed by atoms with E-state index in [4.69, 9.17) is 0 Å². The Hall–Kier alpha value is -1.94. The van der Waals surface area contributed by atoms with Crippen LogP contribution < -0.4 is 5.32 Å². The van der Waals surface area contributed by atoms with Crippen LogP contribution in [-0.2, 0) is 4.79 Å². The maximum absolute atomic E-state index is 11.5. The van der Waals surface area contributed by atoms with Crippen molar-refractivity contribution in [2.75, 3.05) is 11.9 Å². The van der Waals surface area contributed by atoms with Crippen LogP contribution in [-0.4, -0.2) is 18.2 Å². The zero-order valence-electron chi connectivity index (χ0n) is 9.01. The molecule has 1 aromatic heterocycles. The van der Waals surface area contributed by atoms with Crippen LogP contribution in [0.2, 0.25) is 0 Å². The highest BCUT2D eigenvalue weighted by molar-refractivity contribution is 7.14. The number of rotatable bonds is 1. The number of fused-ring (bicyclic) bond motifs is 1. The van der Waals surface area contributed by atoms with E-state index >= 15 is 0 Å². The molecule has 1 aromatic carbocycles. The van der Waals surface area contributed by atoms with Gasteiger partial charge in [-0.3, -0.25) is 9.79 Å². The summed E-state index contributed by atoms with van der Waals surface area (Å²) in [6, 6.07) is 11.9. The fourth-order valence-electron chi connectivity index (χ4n) is 1.84. The Labute approximate surface area is 103 Å². The molecule has 4 heteroatoms. The van der Waals surface area contributed by atoms with Gasteiger partial charge < -0.3 is 5.32 Å². The fraction of sp³-hybridized carbons (Fsp3) is 0.0769. The first-order valence-electron chi connectivity index (χ1n) is 5.32. The molecule has 1 N–H and O–H groups in total.